The summed E-state index contributed by atoms with van der Waals surface area (Å²) in [6.07, 6.45) is 1.81. The van der Waals surface area contributed by atoms with Crippen molar-refractivity contribution in [1.29, 1.82) is 0 Å². The van der Waals surface area contributed by atoms with Gasteiger partial charge in [-0.1, -0.05) is 44.2 Å². The fourth-order valence-electron chi connectivity index (χ4n) is 2.57. The van der Waals surface area contributed by atoms with Gasteiger partial charge in [0.15, 0.2) is 5.82 Å². The molecule has 2 heterocycles. The first-order chi connectivity index (χ1) is 11.2. The Morgan fingerprint density at radius 3 is 2.61 bits per heavy atom. The van der Waals surface area contributed by atoms with Crippen molar-refractivity contribution in [2.24, 2.45) is 0 Å². The first-order valence-electron chi connectivity index (χ1n) is 8.20. The van der Waals surface area contributed by atoms with Crippen LogP contribution in [-0.4, -0.2) is 25.0 Å². The highest BCUT2D eigenvalue weighted by molar-refractivity contribution is 5.50. The van der Waals surface area contributed by atoms with E-state index in [0.717, 1.165) is 42.4 Å². The summed E-state index contributed by atoms with van der Waals surface area (Å²) in [4.78, 5) is 4.65. The highest BCUT2D eigenvalue weighted by atomic mass is 15.3. The normalized spacial score (nSPS) is 11.3. The molecule has 5 heteroatoms. The van der Waals surface area contributed by atoms with Gasteiger partial charge in [0.05, 0.1) is 5.69 Å². The molecule has 0 atom stereocenters. The lowest BCUT2D eigenvalue weighted by Gasteiger charge is -2.00. The van der Waals surface area contributed by atoms with Crippen molar-refractivity contribution >= 4 is 0 Å². The Labute approximate surface area is 136 Å². The summed E-state index contributed by atoms with van der Waals surface area (Å²) in [6.45, 7) is 7.20. The monoisotopic (exact) mass is 309 g/mol. The Kier molecular flexibility index (Phi) is 4.55. The van der Waals surface area contributed by atoms with Crippen molar-refractivity contribution < 1.29 is 0 Å². The second-order valence-electron chi connectivity index (χ2n) is 6.02. The van der Waals surface area contributed by atoms with Gasteiger partial charge < -0.3 is 0 Å². The molecule has 1 aromatic carbocycles. The fraction of sp³-hybridized carbons (Fsp3) is 0.389. The van der Waals surface area contributed by atoms with Crippen molar-refractivity contribution in [1.82, 2.24) is 25.0 Å². The first kappa shape index (κ1) is 15.5. The zero-order valence-corrected chi connectivity index (χ0v) is 14.0. The maximum atomic E-state index is 4.65. The summed E-state index contributed by atoms with van der Waals surface area (Å²) in [6, 6.07) is 12.5. The number of nitrogens with zero attached hydrogens (tertiary/aromatic N) is 4. The standard InChI is InChI=1S/C18H23N5/c1-4-23-16(12-15(22-23)13(2)3)18-19-17(20-21-18)11-10-14-8-6-5-7-9-14/h5-9,12-13H,4,10-11H2,1-3H3,(H,19,20,21). The van der Waals surface area contributed by atoms with Gasteiger partial charge in [-0.15, -0.1) is 0 Å². The average molecular weight is 309 g/mol. The maximum absolute atomic E-state index is 4.65. The van der Waals surface area contributed by atoms with E-state index in [4.69, 9.17) is 0 Å². The van der Waals surface area contributed by atoms with Gasteiger partial charge >= 0.3 is 0 Å². The molecule has 120 valence electrons. The van der Waals surface area contributed by atoms with Crippen LogP contribution in [-0.2, 0) is 19.4 Å². The molecule has 5 nitrogen and oxygen atoms in total. The Balaban J connectivity index is 1.76. The highest BCUT2D eigenvalue weighted by Crippen LogP contribution is 2.21. The van der Waals surface area contributed by atoms with Crippen molar-refractivity contribution in [2.75, 3.05) is 0 Å². The van der Waals surface area contributed by atoms with Crippen molar-refractivity contribution in [2.45, 2.75) is 46.1 Å². The van der Waals surface area contributed by atoms with E-state index >= 15 is 0 Å². The van der Waals surface area contributed by atoms with E-state index < -0.39 is 0 Å². The van der Waals surface area contributed by atoms with Crippen LogP contribution < -0.4 is 0 Å². The predicted octanol–water partition coefficient (Wildman–Crippen LogP) is 3.60. The minimum Gasteiger partial charge on any atom is -0.263 e. The smallest absolute Gasteiger partial charge is 0.199 e. The summed E-state index contributed by atoms with van der Waals surface area (Å²) in [7, 11) is 0. The average Bonchev–Trinajstić information content (AvgIpc) is 3.20. The summed E-state index contributed by atoms with van der Waals surface area (Å²) < 4.78 is 1.97. The number of nitrogens with one attached hydrogen (secondary N) is 1. The molecule has 2 aromatic heterocycles. The number of hydrogen-bond donors (Lipinski definition) is 1. The number of H-pyrrole nitrogens is 1. The Hall–Kier alpha value is -2.43. The van der Waals surface area contributed by atoms with Gasteiger partial charge in [-0.2, -0.15) is 10.2 Å². The van der Waals surface area contributed by atoms with Crippen LogP contribution in [0.1, 0.15) is 43.8 Å². The van der Waals surface area contributed by atoms with E-state index in [1.165, 1.54) is 5.56 Å². The number of benzene rings is 1. The van der Waals surface area contributed by atoms with Crippen LogP contribution in [0, 0.1) is 0 Å². The minimum absolute atomic E-state index is 0.401. The number of aryl methyl sites for hydroxylation is 3. The molecule has 0 unspecified atom stereocenters. The van der Waals surface area contributed by atoms with Crippen LogP contribution in [0.3, 0.4) is 0 Å². The molecule has 0 aliphatic carbocycles. The molecule has 0 fully saturated rings. The Morgan fingerprint density at radius 1 is 1.13 bits per heavy atom. The van der Waals surface area contributed by atoms with E-state index in [-0.39, 0.29) is 0 Å². The van der Waals surface area contributed by atoms with E-state index in [1.807, 2.05) is 10.7 Å². The molecule has 1 N–H and O–H groups in total. The second kappa shape index (κ2) is 6.77. The molecule has 3 rings (SSSR count). The number of aromatic amines is 1. The van der Waals surface area contributed by atoms with Crippen molar-refractivity contribution in [3.8, 4) is 11.5 Å². The molecular weight excluding hydrogens is 286 g/mol. The topological polar surface area (TPSA) is 59.4 Å². The predicted molar refractivity (Wildman–Crippen MR) is 91.2 cm³/mol. The van der Waals surface area contributed by atoms with Crippen LogP contribution in [0.25, 0.3) is 11.5 Å². The van der Waals surface area contributed by atoms with E-state index in [1.54, 1.807) is 0 Å². The number of rotatable bonds is 6. The first-order valence-corrected chi connectivity index (χ1v) is 8.20. The van der Waals surface area contributed by atoms with Crippen molar-refractivity contribution in [3.05, 3.63) is 53.5 Å². The van der Waals surface area contributed by atoms with Gasteiger partial charge in [-0.05, 0) is 30.9 Å². The van der Waals surface area contributed by atoms with Gasteiger partial charge in [-0.25, -0.2) is 4.98 Å². The molecule has 0 saturated carbocycles. The third-order valence-corrected chi connectivity index (χ3v) is 3.94. The minimum atomic E-state index is 0.401. The van der Waals surface area contributed by atoms with Gasteiger partial charge in [0.2, 0.25) is 0 Å². The van der Waals surface area contributed by atoms with Gasteiger partial charge in [0.1, 0.15) is 11.5 Å². The second-order valence-corrected chi connectivity index (χ2v) is 6.02. The molecule has 0 aliphatic rings. The lowest BCUT2D eigenvalue weighted by molar-refractivity contribution is 0.639. The largest absolute Gasteiger partial charge is 0.263 e. The van der Waals surface area contributed by atoms with Crippen LogP contribution in [0.5, 0.6) is 0 Å². The lowest BCUT2D eigenvalue weighted by atomic mass is 10.1. The zero-order valence-electron chi connectivity index (χ0n) is 14.0. The summed E-state index contributed by atoms with van der Waals surface area (Å²) in [5, 5.41) is 12.1. The van der Waals surface area contributed by atoms with Crippen LogP contribution >= 0.6 is 0 Å². The quantitative estimate of drug-likeness (QED) is 0.757. The summed E-state index contributed by atoms with van der Waals surface area (Å²) >= 11 is 0. The molecule has 0 aliphatic heterocycles. The Bertz CT molecular complexity index is 755. The molecule has 0 spiro atoms. The highest BCUT2D eigenvalue weighted by Gasteiger charge is 2.15. The van der Waals surface area contributed by atoms with Gasteiger partial charge in [-0.3, -0.25) is 9.78 Å². The summed E-state index contributed by atoms with van der Waals surface area (Å²) in [5.41, 5.74) is 3.38. The van der Waals surface area contributed by atoms with Crippen LogP contribution in [0.4, 0.5) is 0 Å². The molecule has 23 heavy (non-hydrogen) atoms. The molecule has 3 aromatic rings. The third kappa shape index (κ3) is 3.50. The Morgan fingerprint density at radius 2 is 1.91 bits per heavy atom. The molecular formula is C18H23N5. The SMILES string of the molecule is CCn1nc(C(C)C)cc1-c1n[nH]c(CCc2ccccc2)n1. The van der Waals surface area contributed by atoms with Crippen molar-refractivity contribution in [3.63, 3.8) is 0 Å². The van der Waals surface area contributed by atoms with E-state index in [9.17, 15) is 0 Å². The summed E-state index contributed by atoms with van der Waals surface area (Å²) in [5.74, 6) is 2.05. The number of hydrogen-bond acceptors (Lipinski definition) is 3. The molecule has 0 saturated heterocycles. The van der Waals surface area contributed by atoms with E-state index in [2.05, 4.69) is 71.4 Å². The molecule has 0 bridgehead atoms. The molecule has 0 amide bonds. The van der Waals surface area contributed by atoms with Gasteiger partial charge in [0, 0.05) is 13.0 Å². The lowest BCUT2D eigenvalue weighted by Crippen LogP contribution is -2.01. The van der Waals surface area contributed by atoms with Crippen LogP contribution in [0.15, 0.2) is 36.4 Å². The van der Waals surface area contributed by atoms with Crippen LogP contribution in [0.2, 0.25) is 0 Å². The van der Waals surface area contributed by atoms with E-state index in [0.29, 0.717) is 5.92 Å². The zero-order chi connectivity index (χ0) is 16.2. The number of aromatic nitrogens is 5. The third-order valence-electron chi connectivity index (χ3n) is 3.94. The van der Waals surface area contributed by atoms with Gasteiger partial charge in [0.25, 0.3) is 0 Å². The fourth-order valence-corrected chi connectivity index (χ4v) is 2.57. The maximum Gasteiger partial charge on any atom is 0.199 e. The molecule has 0 radical (unpaired) electrons.